The molecule has 0 saturated heterocycles. The number of hydrogen-bond acceptors (Lipinski definition) is 5. The molecule has 0 aliphatic carbocycles. The number of para-hydroxylation sites is 1. The van der Waals surface area contributed by atoms with Crippen molar-refractivity contribution in [1.29, 1.82) is 0 Å². The average Bonchev–Trinajstić information content (AvgIpc) is 3.03. The Morgan fingerprint density at radius 3 is 2.77 bits per heavy atom. The SMILES string of the molecule is C#CCOc1ccc(C2C3=C(CC(C)(C)CO3)Nc3c(O)cccc3N2C(=O)Cc2ccc(F)cc2Cl)c(F)c1. The molecule has 40 heavy (non-hydrogen) atoms. The molecule has 2 N–H and O–H groups in total. The highest BCUT2D eigenvalue weighted by molar-refractivity contribution is 6.31. The molecule has 0 fully saturated rings. The summed E-state index contributed by atoms with van der Waals surface area (Å²) in [5, 5.41) is 14.2. The number of phenolic OH excluding ortho intramolecular Hbond substituents is 1. The van der Waals surface area contributed by atoms with Crippen LogP contribution < -0.4 is 15.0 Å². The Hall–Kier alpha value is -4.22. The summed E-state index contributed by atoms with van der Waals surface area (Å²) >= 11 is 6.26. The standard InChI is InChI=1S/C31H27ClF2N2O4/c1-4-12-39-20-10-11-21(23(34)15-20)29-30-24(16-31(2,3)17-40-30)35-28-25(6-5-7-26(28)37)36(29)27(38)13-18-8-9-19(33)14-22(18)32/h1,5-11,14-15,29,35,37H,12-13,16-17H2,2-3H3. The monoisotopic (exact) mass is 564 g/mol. The van der Waals surface area contributed by atoms with Crippen LogP contribution in [-0.2, 0) is 16.0 Å². The zero-order chi connectivity index (χ0) is 28.6. The van der Waals surface area contributed by atoms with E-state index < -0.39 is 23.6 Å². The van der Waals surface area contributed by atoms with Crippen LogP contribution in [0, 0.1) is 29.4 Å². The van der Waals surface area contributed by atoms with Crippen LogP contribution in [0.2, 0.25) is 5.02 Å². The molecule has 6 nitrogen and oxygen atoms in total. The Labute approximate surface area is 236 Å². The number of phenols is 1. The second-order valence-electron chi connectivity index (χ2n) is 10.5. The Bertz CT molecular complexity index is 1560. The van der Waals surface area contributed by atoms with Crippen molar-refractivity contribution in [3.63, 3.8) is 0 Å². The molecule has 206 valence electrons. The van der Waals surface area contributed by atoms with Gasteiger partial charge in [-0.15, -0.1) is 6.42 Å². The zero-order valence-electron chi connectivity index (χ0n) is 21.9. The number of amides is 1. The molecule has 1 unspecified atom stereocenters. The second kappa shape index (κ2) is 10.7. The van der Waals surface area contributed by atoms with Gasteiger partial charge in [-0.05, 0) is 48.4 Å². The van der Waals surface area contributed by atoms with Crippen LogP contribution in [0.25, 0.3) is 0 Å². The minimum Gasteiger partial charge on any atom is -0.506 e. The third-order valence-electron chi connectivity index (χ3n) is 6.85. The number of carbonyl (C=O) groups excluding carboxylic acids is 1. The molecule has 5 rings (SSSR count). The van der Waals surface area contributed by atoms with Crippen LogP contribution in [0.1, 0.15) is 37.4 Å². The first-order chi connectivity index (χ1) is 19.1. The van der Waals surface area contributed by atoms with Gasteiger partial charge in [0.2, 0.25) is 5.91 Å². The molecule has 9 heteroatoms. The van der Waals surface area contributed by atoms with Gasteiger partial charge in [0.25, 0.3) is 0 Å². The molecule has 0 bridgehead atoms. The van der Waals surface area contributed by atoms with Crippen LogP contribution in [-0.4, -0.2) is 24.2 Å². The van der Waals surface area contributed by atoms with E-state index in [1.807, 2.05) is 13.8 Å². The summed E-state index contributed by atoms with van der Waals surface area (Å²) in [4.78, 5) is 15.5. The molecule has 1 atom stereocenters. The number of fused-ring (bicyclic) bond motifs is 1. The molecule has 2 aliphatic heterocycles. The maximum Gasteiger partial charge on any atom is 0.232 e. The van der Waals surface area contributed by atoms with E-state index in [9.17, 15) is 14.3 Å². The van der Waals surface area contributed by atoms with Crippen molar-refractivity contribution in [1.82, 2.24) is 0 Å². The minimum atomic E-state index is -1.05. The summed E-state index contributed by atoms with van der Waals surface area (Å²) in [5.41, 5.74) is 1.49. The van der Waals surface area contributed by atoms with Gasteiger partial charge in [-0.3, -0.25) is 9.69 Å². The highest BCUT2D eigenvalue weighted by Gasteiger charge is 2.42. The molecule has 2 aliphatic rings. The number of rotatable bonds is 5. The van der Waals surface area contributed by atoms with Crippen LogP contribution in [0.5, 0.6) is 11.5 Å². The van der Waals surface area contributed by atoms with Crippen molar-refractivity contribution in [2.45, 2.75) is 32.7 Å². The highest BCUT2D eigenvalue weighted by atomic mass is 35.5. The Morgan fingerprint density at radius 1 is 1.25 bits per heavy atom. The van der Waals surface area contributed by atoms with E-state index in [0.29, 0.717) is 35.7 Å². The first kappa shape index (κ1) is 27.4. The van der Waals surface area contributed by atoms with Gasteiger partial charge in [0, 0.05) is 22.1 Å². The summed E-state index contributed by atoms with van der Waals surface area (Å²) in [6, 6.07) is 11.8. The topological polar surface area (TPSA) is 71.0 Å². The lowest BCUT2D eigenvalue weighted by Crippen LogP contribution is -2.39. The quantitative estimate of drug-likeness (QED) is 0.265. The summed E-state index contributed by atoms with van der Waals surface area (Å²) in [5.74, 6) is 1.20. The molecule has 1 amide bonds. The van der Waals surface area contributed by atoms with Gasteiger partial charge in [0.05, 0.1) is 24.4 Å². The maximum atomic E-state index is 15.9. The smallest absolute Gasteiger partial charge is 0.232 e. The summed E-state index contributed by atoms with van der Waals surface area (Å²) in [6.07, 6.45) is 5.57. The molecule has 0 spiro atoms. The van der Waals surface area contributed by atoms with Crippen molar-refractivity contribution in [3.05, 3.63) is 93.8 Å². The molecular formula is C31H27ClF2N2O4. The molecule has 3 aromatic carbocycles. The molecule has 0 saturated carbocycles. The number of allylic oxidation sites excluding steroid dienone is 1. The number of aromatic hydroxyl groups is 1. The summed E-state index contributed by atoms with van der Waals surface area (Å²) in [6.45, 7) is 4.35. The van der Waals surface area contributed by atoms with Crippen LogP contribution >= 0.6 is 11.6 Å². The van der Waals surface area contributed by atoms with Crippen LogP contribution in [0.15, 0.2) is 66.1 Å². The number of anilines is 2. The van der Waals surface area contributed by atoms with E-state index in [0.717, 1.165) is 6.07 Å². The van der Waals surface area contributed by atoms with Gasteiger partial charge in [-0.1, -0.05) is 43.5 Å². The third kappa shape index (κ3) is 5.30. The predicted molar refractivity (Wildman–Crippen MR) is 149 cm³/mol. The van der Waals surface area contributed by atoms with Gasteiger partial charge in [-0.25, -0.2) is 8.78 Å². The fourth-order valence-corrected chi connectivity index (χ4v) is 5.24. The van der Waals surface area contributed by atoms with Gasteiger partial charge in [0.15, 0.2) is 0 Å². The lowest BCUT2D eigenvalue weighted by molar-refractivity contribution is -0.118. The van der Waals surface area contributed by atoms with Gasteiger partial charge in [-0.2, -0.15) is 0 Å². The molecule has 3 aromatic rings. The number of benzene rings is 3. The predicted octanol–water partition coefficient (Wildman–Crippen LogP) is 6.74. The van der Waals surface area contributed by atoms with Gasteiger partial charge < -0.3 is 19.9 Å². The minimum absolute atomic E-state index is 0.0324. The van der Waals surface area contributed by atoms with Gasteiger partial charge in [0.1, 0.15) is 47.2 Å². The first-order valence-electron chi connectivity index (χ1n) is 12.6. The van der Waals surface area contributed by atoms with E-state index in [-0.39, 0.29) is 46.2 Å². The number of nitrogens with zero attached hydrogens (tertiary/aromatic N) is 1. The Kier molecular flexibility index (Phi) is 7.35. The van der Waals surface area contributed by atoms with Crippen molar-refractivity contribution in [2.24, 2.45) is 5.41 Å². The second-order valence-corrected chi connectivity index (χ2v) is 10.9. The Morgan fingerprint density at radius 2 is 2.05 bits per heavy atom. The fraction of sp³-hybridized carbons (Fsp3) is 0.258. The van der Waals surface area contributed by atoms with Crippen LogP contribution in [0.4, 0.5) is 20.2 Å². The normalized spacial score (nSPS) is 17.5. The fourth-order valence-electron chi connectivity index (χ4n) is 5.01. The average molecular weight is 565 g/mol. The van der Waals surface area contributed by atoms with Gasteiger partial charge >= 0.3 is 0 Å². The molecule has 2 heterocycles. The third-order valence-corrected chi connectivity index (χ3v) is 7.20. The van der Waals surface area contributed by atoms with E-state index in [2.05, 4.69) is 11.2 Å². The van der Waals surface area contributed by atoms with E-state index >= 15 is 4.39 Å². The largest absolute Gasteiger partial charge is 0.506 e. The number of halogens is 3. The summed E-state index contributed by atoms with van der Waals surface area (Å²) < 4.78 is 41.2. The lowest BCUT2D eigenvalue weighted by Gasteiger charge is -2.38. The van der Waals surface area contributed by atoms with E-state index in [1.165, 1.54) is 35.2 Å². The molecule has 0 aromatic heterocycles. The molecular weight excluding hydrogens is 538 g/mol. The zero-order valence-corrected chi connectivity index (χ0v) is 22.7. The highest BCUT2D eigenvalue weighted by Crippen LogP contribution is 2.50. The van der Waals surface area contributed by atoms with Crippen molar-refractivity contribution >= 4 is 28.9 Å². The number of nitrogens with one attached hydrogen (secondary N) is 1. The van der Waals surface area contributed by atoms with Crippen molar-refractivity contribution < 1.29 is 28.2 Å². The summed E-state index contributed by atoms with van der Waals surface area (Å²) in [7, 11) is 0. The van der Waals surface area contributed by atoms with Crippen LogP contribution in [0.3, 0.4) is 0 Å². The number of terminal acetylenes is 1. The van der Waals surface area contributed by atoms with E-state index in [1.54, 1.807) is 18.2 Å². The number of ether oxygens (including phenoxy) is 2. The van der Waals surface area contributed by atoms with Crippen molar-refractivity contribution in [3.8, 4) is 23.8 Å². The lowest BCUT2D eigenvalue weighted by atomic mass is 9.85. The number of carbonyl (C=O) groups is 1. The maximum absolute atomic E-state index is 15.9. The first-order valence-corrected chi connectivity index (χ1v) is 13.0. The van der Waals surface area contributed by atoms with Crippen molar-refractivity contribution in [2.75, 3.05) is 23.4 Å². The Balaban J connectivity index is 1.70. The van der Waals surface area contributed by atoms with E-state index in [4.69, 9.17) is 27.5 Å². The molecule has 0 radical (unpaired) electrons. The number of hydrogen-bond donors (Lipinski definition) is 2.